The van der Waals surface area contributed by atoms with Crippen LogP contribution in [0.5, 0.6) is 5.75 Å². The lowest BCUT2D eigenvalue weighted by molar-refractivity contribution is -0.384. The Bertz CT molecular complexity index is 911. The third kappa shape index (κ3) is 3.64. The van der Waals surface area contributed by atoms with Crippen LogP contribution in [0.2, 0.25) is 0 Å². The van der Waals surface area contributed by atoms with Crippen LogP contribution in [0.25, 0.3) is 10.9 Å². The number of nitro groups is 1. The number of pyridine rings is 1. The third-order valence-corrected chi connectivity index (χ3v) is 3.27. The second kappa shape index (κ2) is 6.74. The standard InChI is InChI=1S/C17H13N3O4/c21-17(11-24-15-6-3-5-14(9-15)20(22)23)19-13-8-12-4-1-2-7-16(12)18-10-13/h1-10H,11H2,(H,19,21). The number of nitrogens with one attached hydrogen (secondary N) is 1. The Morgan fingerprint density at radius 2 is 2.00 bits per heavy atom. The van der Waals surface area contributed by atoms with Crippen molar-refractivity contribution in [2.45, 2.75) is 0 Å². The lowest BCUT2D eigenvalue weighted by atomic mass is 10.2. The molecule has 0 unspecified atom stereocenters. The Morgan fingerprint density at radius 1 is 1.17 bits per heavy atom. The molecule has 1 amide bonds. The predicted molar refractivity (Wildman–Crippen MR) is 89.0 cm³/mol. The van der Waals surface area contributed by atoms with Crippen LogP contribution in [0, 0.1) is 10.1 Å². The number of para-hydroxylation sites is 1. The molecule has 0 bridgehead atoms. The molecule has 3 aromatic rings. The SMILES string of the molecule is O=C(COc1cccc([N+](=O)[O-])c1)Nc1cnc2ccccc2c1. The Balaban J connectivity index is 1.62. The van der Waals surface area contributed by atoms with Gasteiger partial charge in [-0.1, -0.05) is 24.3 Å². The minimum Gasteiger partial charge on any atom is -0.484 e. The third-order valence-electron chi connectivity index (χ3n) is 3.27. The first kappa shape index (κ1) is 15.4. The number of carbonyl (C=O) groups excluding carboxylic acids is 1. The highest BCUT2D eigenvalue weighted by atomic mass is 16.6. The number of hydrogen-bond acceptors (Lipinski definition) is 5. The van der Waals surface area contributed by atoms with E-state index in [9.17, 15) is 14.9 Å². The number of fused-ring (bicyclic) bond motifs is 1. The predicted octanol–water partition coefficient (Wildman–Crippen LogP) is 3.16. The maximum absolute atomic E-state index is 11.9. The van der Waals surface area contributed by atoms with Crippen molar-refractivity contribution in [1.29, 1.82) is 0 Å². The van der Waals surface area contributed by atoms with E-state index in [1.165, 1.54) is 18.2 Å². The zero-order valence-corrected chi connectivity index (χ0v) is 12.5. The van der Waals surface area contributed by atoms with Crippen LogP contribution in [0.4, 0.5) is 11.4 Å². The second-order valence-electron chi connectivity index (χ2n) is 5.01. The maximum atomic E-state index is 11.9. The summed E-state index contributed by atoms with van der Waals surface area (Å²) in [5.41, 5.74) is 1.30. The average Bonchev–Trinajstić information content (AvgIpc) is 2.60. The van der Waals surface area contributed by atoms with E-state index < -0.39 is 4.92 Å². The van der Waals surface area contributed by atoms with Gasteiger partial charge < -0.3 is 10.1 Å². The quantitative estimate of drug-likeness (QED) is 0.575. The lowest BCUT2D eigenvalue weighted by Gasteiger charge is -2.08. The van der Waals surface area contributed by atoms with Gasteiger partial charge >= 0.3 is 0 Å². The van der Waals surface area contributed by atoms with Crippen LogP contribution in [0.15, 0.2) is 60.8 Å². The molecule has 0 aliphatic rings. The van der Waals surface area contributed by atoms with Crippen molar-refractivity contribution in [1.82, 2.24) is 4.98 Å². The van der Waals surface area contributed by atoms with Crippen LogP contribution in [-0.4, -0.2) is 22.4 Å². The highest BCUT2D eigenvalue weighted by molar-refractivity contribution is 5.93. The van der Waals surface area contributed by atoms with Gasteiger partial charge in [0.25, 0.3) is 11.6 Å². The number of anilines is 1. The zero-order chi connectivity index (χ0) is 16.9. The number of benzene rings is 2. The fourth-order valence-corrected chi connectivity index (χ4v) is 2.17. The Kier molecular flexibility index (Phi) is 4.33. The van der Waals surface area contributed by atoms with Gasteiger partial charge in [-0.15, -0.1) is 0 Å². The number of nitrogens with zero attached hydrogens (tertiary/aromatic N) is 2. The second-order valence-corrected chi connectivity index (χ2v) is 5.01. The Hall–Kier alpha value is -3.48. The van der Waals surface area contributed by atoms with E-state index in [-0.39, 0.29) is 24.0 Å². The fourth-order valence-electron chi connectivity index (χ4n) is 2.17. The van der Waals surface area contributed by atoms with Crippen molar-refractivity contribution in [3.05, 3.63) is 70.9 Å². The van der Waals surface area contributed by atoms with E-state index in [2.05, 4.69) is 10.3 Å². The van der Waals surface area contributed by atoms with E-state index in [1.54, 1.807) is 12.3 Å². The molecule has 0 spiro atoms. The molecule has 1 N–H and O–H groups in total. The first-order chi connectivity index (χ1) is 11.6. The minimum atomic E-state index is -0.520. The van der Waals surface area contributed by atoms with E-state index in [1.807, 2.05) is 30.3 Å². The molecule has 120 valence electrons. The number of hydrogen-bond donors (Lipinski definition) is 1. The van der Waals surface area contributed by atoms with E-state index >= 15 is 0 Å². The number of nitro benzene ring substituents is 1. The molecular weight excluding hydrogens is 310 g/mol. The summed E-state index contributed by atoms with van der Waals surface area (Å²) in [6, 6.07) is 15.0. The van der Waals surface area contributed by atoms with Gasteiger partial charge in [-0.05, 0) is 18.2 Å². The van der Waals surface area contributed by atoms with Gasteiger partial charge in [-0.3, -0.25) is 19.9 Å². The Labute approximate surface area is 137 Å². The molecule has 7 nitrogen and oxygen atoms in total. The molecule has 24 heavy (non-hydrogen) atoms. The molecule has 2 aromatic carbocycles. The topological polar surface area (TPSA) is 94.4 Å². The summed E-state index contributed by atoms with van der Waals surface area (Å²) < 4.78 is 5.28. The number of amides is 1. The summed E-state index contributed by atoms with van der Waals surface area (Å²) in [5.74, 6) is -0.116. The van der Waals surface area contributed by atoms with Crippen LogP contribution >= 0.6 is 0 Å². The monoisotopic (exact) mass is 323 g/mol. The first-order valence-electron chi connectivity index (χ1n) is 7.14. The highest BCUT2D eigenvalue weighted by Crippen LogP contribution is 2.19. The lowest BCUT2D eigenvalue weighted by Crippen LogP contribution is -2.20. The van der Waals surface area contributed by atoms with Gasteiger partial charge in [0.05, 0.1) is 28.4 Å². The molecule has 0 saturated heterocycles. The largest absolute Gasteiger partial charge is 0.484 e. The van der Waals surface area contributed by atoms with Crippen molar-refractivity contribution >= 4 is 28.2 Å². The minimum absolute atomic E-state index is 0.0911. The van der Waals surface area contributed by atoms with E-state index in [0.717, 1.165) is 10.9 Å². The molecule has 0 radical (unpaired) electrons. The summed E-state index contributed by atoms with van der Waals surface area (Å²) >= 11 is 0. The summed E-state index contributed by atoms with van der Waals surface area (Å²) in [6.45, 7) is -0.256. The highest BCUT2D eigenvalue weighted by Gasteiger charge is 2.09. The molecule has 1 heterocycles. The molecule has 3 rings (SSSR count). The molecule has 0 fully saturated rings. The normalized spacial score (nSPS) is 10.3. The Morgan fingerprint density at radius 3 is 2.83 bits per heavy atom. The van der Waals surface area contributed by atoms with E-state index in [0.29, 0.717) is 5.69 Å². The van der Waals surface area contributed by atoms with Crippen molar-refractivity contribution in [3.63, 3.8) is 0 Å². The van der Waals surface area contributed by atoms with Gasteiger partial charge in [-0.2, -0.15) is 0 Å². The van der Waals surface area contributed by atoms with Crippen LogP contribution in [0.1, 0.15) is 0 Å². The zero-order valence-electron chi connectivity index (χ0n) is 12.5. The summed E-state index contributed by atoms with van der Waals surface area (Å²) in [4.78, 5) is 26.4. The summed E-state index contributed by atoms with van der Waals surface area (Å²) in [6.07, 6.45) is 1.56. The number of rotatable bonds is 5. The summed E-state index contributed by atoms with van der Waals surface area (Å²) in [7, 11) is 0. The molecular formula is C17H13N3O4. The smallest absolute Gasteiger partial charge is 0.273 e. The number of aromatic nitrogens is 1. The van der Waals surface area contributed by atoms with E-state index in [4.69, 9.17) is 4.74 Å². The maximum Gasteiger partial charge on any atom is 0.273 e. The average molecular weight is 323 g/mol. The first-order valence-corrected chi connectivity index (χ1v) is 7.14. The van der Waals surface area contributed by atoms with Crippen molar-refractivity contribution in [2.24, 2.45) is 0 Å². The van der Waals surface area contributed by atoms with Crippen LogP contribution in [0.3, 0.4) is 0 Å². The van der Waals surface area contributed by atoms with Gasteiger partial charge in [-0.25, -0.2) is 0 Å². The van der Waals surface area contributed by atoms with Crippen molar-refractivity contribution < 1.29 is 14.5 Å². The molecule has 0 aliphatic carbocycles. The van der Waals surface area contributed by atoms with Gasteiger partial charge in [0.2, 0.25) is 0 Å². The van der Waals surface area contributed by atoms with Crippen molar-refractivity contribution in [3.8, 4) is 5.75 Å². The fraction of sp³-hybridized carbons (Fsp3) is 0.0588. The van der Waals surface area contributed by atoms with Gasteiger partial charge in [0, 0.05) is 11.5 Å². The molecule has 0 saturated carbocycles. The molecule has 1 aromatic heterocycles. The number of non-ortho nitro benzene ring substituents is 1. The molecule has 0 aliphatic heterocycles. The summed E-state index contributed by atoms with van der Waals surface area (Å²) in [5, 5.41) is 14.3. The molecule has 0 atom stereocenters. The number of carbonyl (C=O) groups is 1. The van der Waals surface area contributed by atoms with Gasteiger partial charge in [0.1, 0.15) is 5.75 Å². The van der Waals surface area contributed by atoms with Crippen molar-refractivity contribution in [2.75, 3.05) is 11.9 Å². The van der Waals surface area contributed by atoms with Crippen LogP contribution in [-0.2, 0) is 4.79 Å². The number of ether oxygens (including phenoxy) is 1. The van der Waals surface area contributed by atoms with Gasteiger partial charge in [0.15, 0.2) is 6.61 Å². The van der Waals surface area contributed by atoms with Crippen LogP contribution < -0.4 is 10.1 Å². The molecule has 7 heteroatoms.